The van der Waals surface area contributed by atoms with Gasteiger partial charge in [-0.05, 0) is 13.8 Å². The lowest BCUT2D eigenvalue weighted by Gasteiger charge is -2.11. The van der Waals surface area contributed by atoms with Crippen molar-refractivity contribution in [3.8, 4) is 0 Å². The zero-order valence-electron chi connectivity index (χ0n) is 5.67. The van der Waals surface area contributed by atoms with E-state index in [9.17, 15) is 4.79 Å². The Labute approximate surface area is 53.3 Å². The van der Waals surface area contributed by atoms with E-state index in [1.165, 1.54) is 21.0 Å². The van der Waals surface area contributed by atoms with Crippen LogP contribution in [0.1, 0.15) is 13.8 Å². The molecule has 0 unspecified atom stereocenters. The van der Waals surface area contributed by atoms with E-state index >= 15 is 0 Å². The summed E-state index contributed by atoms with van der Waals surface area (Å²) < 4.78 is 0. The van der Waals surface area contributed by atoms with E-state index in [1.54, 1.807) is 0 Å². The largest absolute Gasteiger partial charge is 0.379 e. The van der Waals surface area contributed by atoms with Crippen LogP contribution in [-0.2, 0) is 14.6 Å². The summed E-state index contributed by atoms with van der Waals surface area (Å²) in [7, 11) is 1.20. The highest BCUT2D eigenvalue weighted by molar-refractivity contribution is 5.77. The van der Waals surface area contributed by atoms with Crippen molar-refractivity contribution in [2.75, 3.05) is 7.11 Å². The molecule has 0 atom stereocenters. The topological polar surface area (TPSA) is 55.8 Å². The molecule has 0 spiro atoms. The maximum Gasteiger partial charge on any atom is 0.372 e. The molecule has 0 radical (unpaired) electrons. The number of hydrogen-bond acceptors (Lipinski definition) is 4. The fraction of sp³-hybridized carbons (Fsp3) is 0.800. The van der Waals surface area contributed by atoms with E-state index in [-0.39, 0.29) is 0 Å². The molecule has 0 aromatic rings. The number of carbonyl (C=O) groups excluding carboxylic acids is 1. The van der Waals surface area contributed by atoms with E-state index in [1.807, 2.05) is 0 Å². The van der Waals surface area contributed by atoms with Gasteiger partial charge in [-0.1, -0.05) is 0 Å². The van der Waals surface area contributed by atoms with E-state index in [4.69, 9.17) is 5.11 Å². The predicted octanol–water partition coefficient (Wildman–Crippen LogP) is -0.138. The Hall–Kier alpha value is -0.610. The summed E-state index contributed by atoms with van der Waals surface area (Å²) >= 11 is 0. The molecular formula is C5H10O4. The maximum atomic E-state index is 10.5. The van der Waals surface area contributed by atoms with Gasteiger partial charge in [0, 0.05) is 0 Å². The Morgan fingerprint density at radius 1 is 1.56 bits per heavy atom. The van der Waals surface area contributed by atoms with Crippen molar-refractivity contribution in [3.63, 3.8) is 0 Å². The third kappa shape index (κ3) is 3.05. The van der Waals surface area contributed by atoms with Crippen LogP contribution in [0, 0.1) is 0 Å². The molecule has 0 heterocycles. The predicted molar refractivity (Wildman–Crippen MR) is 29.4 cm³/mol. The van der Waals surface area contributed by atoms with Crippen LogP contribution >= 0.6 is 0 Å². The molecule has 9 heavy (non-hydrogen) atoms. The van der Waals surface area contributed by atoms with Crippen molar-refractivity contribution in [3.05, 3.63) is 0 Å². The molecule has 4 heteroatoms. The Bertz CT molecular complexity index is 102. The van der Waals surface area contributed by atoms with Crippen LogP contribution in [0.25, 0.3) is 0 Å². The number of carbonyl (C=O) groups is 1. The van der Waals surface area contributed by atoms with Crippen LogP contribution < -0.4 is 0 Å². The summed E-state index contributed by atoms with van der Waals surface area (Å²) in [6, 6.07) is 0. The van der Waals surface area contributed by atoms with Crippen LogP contribution in [0.5, 0.6) is 0 Å². The molecule has 0 fully saturated rings. The fourth-order valence-electron chi connectivity index (χ4n) is 0.178. The van der Waals surface area contributed by atoms with E-state index in [0.29, 0.717) is 0 Å². The first-order valence-electron chi connectivity index (χ1n) is 2.46. The van der Waals surface area contributed by atoms with Gasteiger partial charge in [0.2, 0.25) is 0 Å². The third-order valence-electron chi connectivity index (χ3n) is 0.659. The third-order valence-corrected chi connectivity index (χ3v) is 0.659. The van der Waals surface area contributed by atoms with Gasteiger partial charge < -0.3 is 5.11 Å². The van der Waals surface area contributed by atoms with Crippen molar-refractivity contribution in [1.82, 2.24) is 0 Å². The number of hydrogen-bond donors (Lipinski definition) is 1. The zero-order valence-corrected chi connectivity index (χ0v) is 5.67. The van der Waals surface area contributed by atoms with Gasteiger partial charge in [0.15, 0.2) is 5.60 Å². The standard InChI is InChI=1S/C5H10O4/c1-5(2,7)4(6)9-8-3/h7H,1-3H3. The molecule has 0 amide bonds. The maximum absolute atomic E-state index is 10.5. The second-order valence-electron chi connectivity index (χ2n) is 2.10. The van der Waals surface area contributed by atoms with E-state index in [0.717, 1.165) is 0 Å². The number of rotatable bonds is 2. The number of aliphatic hydroxyl groups is 1. The smallest absolute Gasteiger partial charge is 0.372 e. The lowest BCUT2D eigenvalue weighted by Crippen LogP contribution is -2.32. The van der Waals surface area contributed by atoms with E-state index in [2.05, 4.69) is 9.78 Å². The van der Waals surface area contributed by atoms with Gasteiger partial charge in [0.1, 0.15) is 0 Å². The minimum atomic E-state index is -1.48. The Balaban J connectivity index is 3.74. The highest BCUT2D eigenvalue weighted by Crippen LogP contribution is 2.02. The van der Waals surface area contributed by atoms with Crippen molar-refractivity contribution >= 4 is 5.97 Å². The van der Waals surface area contributed by atoms with Crippen molar-refractivity contribution in [2.45, 2.75) is 19.4 Å². The Morgan fingerprint density at radius 2 is 2.00 bits per heavy atom. The fourth-order valence-corrected chi connectivity index (χ4v) is 0.178. The highest BCUT2D eigenvalue weighted by atomic mass is 17.2. The normalized spacial score (nSPS) is 11.1. The molecule has 0 bridgehead atoms. The second-order valence-corrected chi connectivity index (χ2v) is 2.10. The van der Waals surface area contributed by atoms with Crippen LogP contribution in [0.3, 0.4) is 0 Å². The lowest BCUT2D eigenvalue weighted by molar-refractivity contribution is -0.267. The molecule has 54 valence electrons. The van der Waals surface area contributed by atoms with Gasteiger partial charge in [-0.2, -0.15) is 4.89 Å². The Morgan fingerprint density at radius 3 is 2.11 bits per heavy atom. The minimum absolute atomic E-state index is 0.801. The highest BCUT2D eigenvalue weighted by Gasteiger charge is 2.26. The van der Waals surface area contributed by atoms with Crippen LogP contribution in [0.4, 0.5) is 0 Å². The van der Waals surface area contributed by atoms with Gasteiger partial charge in [0.05, 0.1) is 7.11 Å². The van der Waals surface area contributed by atoms with Gasteiger partial charge in [-0.3, -0.25) is 4.89 Å². The summed E-state index contributed by atoms with van der Waals surface area (Å²) in [5.74, 6) is -0.801. The van der Waals surface area contributed by atoms with Gasteiger partial charge in [0.25, 0.3) is 0 Å². The van der Waals surface area contributed by atoms with Gasteiger partial charge in [-0.15, -0.1) is 0 Å². The quantitative estimate of drug-likeness (QED) is 0.422. The first-order chi connectivity index (χ1) is 3.98. The summed E-state index contributed by atoms with van der Waals surface area (Å²) in [5, 5.41) is 8.86. The minimum Gasteiger partial charge on any atom is -0.379 e. The van der Waals surface area contributed by atoms with Gasteiger partial charge >= 0.3 is 5.97 Å². The molecule has 0 saturated carbocycles. The monoisotopic (exact) mass is 134 g/mol. The molecule has 0 saturated heterocycles. The Kier molecular flexibility index (Phi) is 2.61. The molecule has 0 aromatic carbocycles. The van der Waals surface area contributed by atoms with Crippen LogP contribution in [0.2, 0.25) is 0 Å². The average molecular weight is 134 g/mol. The van der Waals surface area contributed by atoms with Crippen LogP contribution in [-0.4, -0.2) is 23.8 Å². The second kappa shape index (κ2) is 2.80. The summed E-state index contributed by atoms with van der Waals surface area (Å²) in [5.41, 5.74) is -1.48. The molecule has 0 rings (SSSR count). The van der Waals surface area contributed by atoms with Crippen molar-refractivity contribution in [2.24, 2.45) is 0 Å². The summed E-state index contributed by atoms with van der Waals surface area (Å²) in [6.45, 7) is 2.63. The average Bonchev–Trinajstić information content (AvgIpc) is 1.64. The molecule has 0 aliphatic carbocycles. The van der Waals surface area contributed by atoms with Crippen molar-refractivity contribution in [1.29, 1.82) is 0 Å². The summed E-state index contributed by atoms with van der Waals surface area (Å²) in [6.07, 6.45) is 0. The van der Waals surface area contributed by atoms with Crippen LogP contribution in [0.15, 0.2) is 0 Å². The SMILES string of the molecule is COOC(=O)C(C)(C)O. The zero-order chi connectivity index (χ0) is 7.49. The van der Waals surface area contributed by atoms with Crippen molar-refractivity contribution < 1.29 is 19.7 Å². The first kappa shape index (κ1) is 8.39. The lowest BCUT2D eigenvalue weighted by atomic mass is 10.1. The molecule has 0 aliphatic rings. The molecular weight excluding hydrogens is 124 g/mol. The van der Waals surface area contributed by atoms with E-state index < -0.39 is 11.6 Å². The molecule has 4 nitrogen and oxygen atoms in total. The first-order valence-corrected chi connectivity index (χ1v) is 2.46. The van der Waals surface area contributed by atoms with Gasteiger partial charge in [-0.25, -0.2) is 4.79 Å². The molecule has 1 N–H and O–H groups in total. The molecule has 0 aromatic heterocycles. The summed E-state index contributed by atoms with van der Waals surface area (Å²) in [4.78, 5) is 18.5. The molecule has 0 aliphatic heterocycles.